The van der Waals surface area contributed by atoms with Crippen LogP contribution in [0.1, 0.15) is 31.9 Å². The number of aromatic nitrogens is 4. The molecule has 1 N–H and O–H groups in total. The SMILES string of the molecule is Cc1ccn(-c2ccc(-c3nnc(OC4CC5C(F)CC(C)(C4)N5C)s3)c(O)c2)n1. The molecule has 0 aliphatic carbocycles. The van der Waals surface area contributed by atoms with E-state index in [4.69, 9.17) is 4.74 Å². The molecule has 4 unspecified atom stereocenters. The second-order valence-electron chi connectivity index (χ2n) is 8.55. The summed E-state index contributed by atoms with van der Waals surface area (Å²) in [5, 5.41) is 24.3. The average Bonchev–Trinajstić information content (AvgIpc) is 3.35. The molecule has 7 nitrogen and oxygen atoms in total. The monoisotopic (exact) mass is 429 g/mol. The zero-order valence-corrected chi connectivity index (χ0v) is 17.9. The lowest BCUT2D eigenvalue weighted by Crippen LogP contribution is -2.51. The van der Waals surface area contributed by atoms with Crippen molar-refractivity contribution in [2.75, 3.05) is 7.05 Å². The lowest BCUT2D eigenvalue weighted by atomic mass is 9.89. The van der Waals surface area contributed by atoms with E-state index in [1.807, 2.05) is 32.3 Å². The molecule has 158 valence electrons. The Morgan fingerprint density at radius 3 is 2.80 bits per heavy atom. The number of aryl methyl sites for hydroxylation is 1. The summed E-state index contributed by atoms with van der Waals surface area (Å²) >= 11 is 1.29. The van der Waals surface area contributed by atoms with E-state index >= 15 is 0 Å². The van der Waals surface area contributed by atoms with Crippen molar-refractivity contribution in [2.45, 2.75) is 57.0 Å². The highest BCUT2D eigenvalue weighted by atomic mass is 32.1. The molecule has 9 heteroatoms. The topological polar surface area (TPSA) is 76.3 Å². The molecule has 4 heterocycles. The third-order valence-electron chi connectivity index (χ3n) is 6.45. The Hall–Kier alpha value is -2.52. The minimum atomic E-state index is -0.812. The fourth-order valence-corrected chi connectivity index (χ4v) is 5.52. The van der Waals surface area contributed by atoms with Gasteiger partial charge in [-0.3, -0.25) is 4.90 Å². The van der Waals surface area contributed by atoms with Gasteiger partial charge in [0, 0.05) is 36.7 Å². The number of aromatic hydroxyl groups is 1. The Bertz CT molecular complexity index is 1090. The van der Waals surface area contributed by atoms with E-state index in [1.54, 1.807) is 16.8 Å². The van der Waals surface area contributed by atoms with Gasteiger partial charge in [0.25, 0.3) is 5.19 Å². The third kappa shape index (κ3) is 3.26. The number of fused-ring (bicyclic) bond motifs is 2. The molecular formula is C21H24FN5O2S. The minimum absolute atomic E-state index is 0.0863. The van der Waals surface area contributed by atoms with Crippen molar-refractivity contribution in [3.63, 3.8) is 0 Å². The predicted molar refractivity (Wildman–Crippen MR) is 112 cm³/mol. The van der Waals surface area contributed by atoms with Crippen LogP contribution in [-0.2, 0) is 0 Å². The highest BCUT2D eigenvalue weighted by molar-refractivity contribution is 7.16. The summed E-state index contributed by atoms with van der Waals surface area (Å²) < 4.78 is 22.2. The maximum Gasteiger partial charge on any atom is 0.294 e. The molecule has 2 aliphatic heterocycles. The van der Waals surface area contributed by atoms with Crippen molar-refractivity contribution in [3.05, 3.63) is 36.2 Å². The van der Waals surface area contributed by atoms with Crippen LogP contribution in [0, 0.1) is 6.92 Å². The smallest absolute Gasteiger partial charge is 0.294 e. The second kappa shape index (κ2) is 7.02. The largest absolute Gasteiger partial charge is 0.507 e. The normalized spacial score (nSPS) is 28.7. The van der Waals surface area contributed by atoms with Crippen LogP contribution in [0.4, 0.5) is 4.39 Å². The quantitative estimate of drug-likeness (QED) is 0.681. The lowest BCUT2D eigenvalue weighted by molar-refractivity contribution is 0.0123. The molecular weight excluding hydrogens is 405 g/mol. The fourth-order valence-electron chi connectivity index (χ4n) is 4.72. The molecule has 4 atom stereocenters. The number of halogens is 1. The predicted octanol–water partition coefficient (Wildman–Crippen LogP) is 3.75. The number of alkyl halides is 1. The van der Waals surface area contributed by atoms with E-state index in [0.717, 1.165) is 17.8 Å². The standard InChI is InChI=1S/C21H24FN5O2S/c1-12-6-7-27(25-12)13-4-5-15(18(28)8-13)19-23-24-20(30-19)29-14-9-17-16(22)11-21(2,10-14)26(17)3/h4-8,14,16-17,28H,9-11H2,1-3H3. The van der Waals surface area contributed by atoms with Crippen molar-refractivity contribution in [1.82, 2.24) is 24.9 Å². The minimum Gasteiger partial charge on any atom is -0.507 e. The summed E-state index contributed by atoms with van der Waals surface area (Å²) in [5.74, 6) is 0.105. The van der Waals surface area contributed by atoms with Crippen molar-refractivity contribution >= 4 is 11.3 Å². The average molecular weight is 430 g/mol. The zero-order valence-electron chi connectivity index (χ0n) is 17.1. The molecule has 2 aliphatic rings. The van der Waals surface area contributed by atoms with Crippen molar-refractivity contribution in [1.29, 1.82) is 0 Å². The number of ether oxygens (including phenoxy) is 1. The van der Waals surface area contributed by atoms with Crippen LogP contribution in [0.5, 0.6) is 10.9 Å². The zero-order chi connectivity index (χ0) is 21.0. The second-order valence-corrected chi connectivity index (χ2v) is 9.49. The Kier molecular flexibility index (Phi) is 4.55. The lowest BCUT2D eigenvalue weighted by Gasteiger charge is -2.42. The third-order valence-corrected chi connectivity index (χ3v) is 7.29. The molecule has 2 bridgehead atoms. The Balaban J connectivity index is 1.33. The van der Waals surface area contributed by atoms with Crippen molar-refractivity contribution in [2.24, 2.45) is 0 Å². The van der Waals surface area contributed by atoms with Gasteiger partial charge in [-0.25, -0.2) is 9.07 Å². The number of piperidine rings is 1. The first-order chi connectivity index (χ1) is 14.3. The van der Waals surface area contributed by atoms with E-state index in [1.165, 1.54) is 11.3 Å². The van der Waals surface area contributed by atoms with Gasteiger partial charge in [0.2, 0.25) is 0 Å². The van der Waals surface area contributed by atoms with Crippen LogP contribution < -0.4 is 4.74 Å². The van der Waals surface area contributed by atoms with Gasteiger partial charge in [-0.1, -0.05) is 16.4 Å². The van der Waals surface area contributed by atoms with Gasteiger partial charge in [0.05, 0.1) is 16.9 Å². The molecule has 0 radical (unpaired) electrons. The number of hydrogen-bond donors (Lipinski definition) is 1. The first-order valence-electron chi connectivity index (χ1n) is 10.1. The van der Waals surface area contributed by atoms with Crippen LogP contribution in [0.15, 0.2) is 30.5 Å². The summed E-state index contributed by atoms with van der Waals surface area (Å²) in [6.45, 7) is 4.01. The van der Waals surface area contributed by atoms with E-state index in [2.05, 4.69) is 27.1 Å². The number of rotatable bonds is 4. The van der Waals surface area contributed by atoms with Crippen LogP contribution in [0.25, 0.3) is 16.3 Å². The van der Waals surface area contributed by atoms with Gasteiger partial charge >= 0.3 is 0 Å². The van der Waals surface area contributed by atoms with Crippen LogP contribution >= 0.6 is 11.3 Å². The molecule has 1 aromatic carbocycles. The van der Waals surface area contributed by atoms with Gasteiger partial charge in [-0.2, -0.15) is 5.10 Å². The number of benzene rings is 1. The maximum absolute atomic E-state index is 14.4. The summed E-state index contributed by atoms with van der Waals surface area (Å²) in [4.78, 5) is 2.16. The van der Waals surface area contributed by atoms with Gasteiger partial charge in [-0.05, 0) is 45.5 Å². The van der Waals surface area contributed by atoms with E-state index in [0.29, 0.717) is 28.6 Å². The van der Waals surface area contributed by atoms with Gasteiger partial charge in [-0.15, -0.1) is 5.10 Å². The molecule has 2 aromatic heterocycles. The Morgan fingerprint density at radius 2 is 2.10 bits per heavy atom. The van der Waals surface area contributed by atoms with E-state index in [9.17, 15) is 9.50 Å². The number of phenolic OH excluding ortho intramolecular Hbond substituents is 1. The van der Waals surface area contributed by atoms with Crippen LogP contribution in [-0.4, -0.2) is 60.9 Å². The molecule has 30 heavy (non-hydrogen) atoms. The van der Waals surface area contributed by atoms with Gasteiger partial charge in [0.15, 0.2) is 5.01 Å². The molecule has 2 saturated heterocycles. The summed E-state index contributed by atoms with van der Waals surface area (Å²) in [7, 11) is 2.00. The fraction of sp³-hybridized carbons (Fsp3) is 0.476. The Morgan fingerprint density at radius 1 is 1.27 bits per heavy atom. The molecule has 2 fully saturated rings. The molecule has 0 spiro atoms. The summed E-state index contributed by atoms with van der Waals surface area (Å²) in [6.07, 6.45) is 2.90. The van der Waals surface area contributed by atoms with Gasteiger partial charge in [0.1, 0.15) is 18.0 Å². The first kappa shape index (κ1) is 19.4. The summed E-state index contributed by atoms with van der Waals surface area (Å²) in [6, 6.07) is 7.13. The van der Waals surface area contributed by atoms with Crippen molar-refractivity contribution in [3.8, 4) is 27.2 Å². The Labute approximate surface area is 178 Å². The summed E-state index contributed by atoms with van der Waals surface area (Å²) in [5.41, 5.74) is 2.08. The first-order valence-corrected chi connectivity index (χ1v) is 10.9. The van der Waals surface area contributed by atoms with Crippen LogP contribution in [0.3, 0.4) is 0 Å². The molecule has 5 rings (SSSR count). The highest BCUT2D eigenvalue weighted by Gasteiger charge is 2.53. The van der Waals surface area contributed by atoms with Gasteiger partial charge < -0.3 is 9.84 Å². The maximum atomic E-state index is 14.4. The van der Waals surface area contributed by atoms with Crippen molar-refractivity contribution < 1.29 is 14.2 Å². The molecule has 0 saturated carbocycles. The molecule has 0 amide bonds. The number of phenols is 1. The molecule has 3 aromatic rings. The highest BCUT2D eigenvalue weighted by Crippen LogP contribution is 2.45. The number of nitrogens with zero attached hydrogens (tertiary/aromatic N) is 5. The van der Waals surface area contributed by atoms with E-state index < -0.39 is 6.17 Å². The van der Waals surface area contributed by atoms with Crippen LogP contribution in [0.2, 0.25) is 0 Å². The van der Waals surface area contributed by atoms with E-state index in [-0.39, 0.29) is 23.4 Å². The number of hydrogen-bond acceptors (Lipinski definition) is 7.